The summed E-state index contributed by atoms with van der Waals surface area (Å²) in [6.45, 7) is 9.30. The number of amides is 1. The van der Waals surface area contributed by atoms with Crippen molar-refractivity contribution in [3.63, 3.8) is 0 Å². The standard InChI is InChI=1S/C17H29NO4/c1-11-5-13(8-17(3,4)7-11)6-15(19)18-9-12(2)22-14(10-18)16(20)21/h11-14H,5-10H2,1-4H3,(H,20,21)/t11?,12-,13?,14?/m1/s1. The molecule has 22 heavy (non-hydrogen) atoms. The SMILES string of the molecule is CC1CC(CC(=O)N2CC(C(=O)O)O[C@H](C)C2)CC(C)(C)C1. The summed E-state index contributed by atoms with van der Waals surface area (Å²) in [6.07, 6.45) is 2.80. The Labute approximate surface area is 133 Å². The number of morpholine rings is 1. The molecule has 1 N–H and O–H groups in total. The zero-order valence-electron chi connectivity index (χ0n) is 14.2. The molecular formula is C17H29NO4. The molecule has 0 aromatic rings. The van der Waals surface area contributed by atoms with Crippen LogP contribution in [0.1, 0.15) is 53.4 Å². The number of carbonyl (C=O) groups is 2. The Bertz CT molecular complexity index is 434. The number of carboxylic acids is 1. The van der Waals surface area contributed by atoms with Crippen LogP contribution in [0.25, 0.3) is 0 Å². The first-order valence-corrected chi connectivity index (χ1v) is 8.32. The van der Waals surface area contributed by atoms with Crippen LogP contribution in [0.4, 0.5) is 0 Å². The molecule has 5 nitrogen and oxygen atoms in total. The van der Waals surface area contributed by atoms with E-state index >= 15 is 0 Å². The number of hydrogen-bond acceptors (Lipinski definition) is 3. The first kappa shape index (κ1) is 17.3. The predicted molar refractivity (Wildman–Crippen MR) is 83.5 cm³/mol. The predicted octanol–water partition coefficient (Wildman–Crippen LogP) is 2.54. The fraction of sp³-hybridized carbons (Fsp3) is 0.882. The fourth-order valence-electron chi connectivity index (χ4n) is 4.37. The Balaban J connectivity index is 1.95. The maximum absolute atomic E-state index is 12.6. The highest BCUT2D eigenvalue weighted by Crippen LogP contribution is 2.43. The van der Waals surface area contributed by atoms with Crippen molar-refractivity contribution in [1.82, 2.24) is 4.90 Å². The van der Waals surface area contributed by atoms with E-state index in [4.69, 9.17) is 9.84 Å². The number of hydrogen-bond donors (Lipinski definition) is 1. The highest BCUT2D eigenvalue weighted by molar-refractivity contribution is 5.79. The van der Waals surface area contributed by atoms with Crippen LogP contribution in [-0.4, -0.2) is 47.2 Å². The summed E-state index contributed by atoms with van der Waals surface area (Å²) in [6, 6.07) is 0. The lowest BCUT2D eigenvalue weighted by Crippen LogP contribution is -2.52. The Morgan fingerprint density at radius 1 is 1.23 bits per heavy atom. The number of ether oxygens (including phenoxy) is 1. The summed E-state index contributed by atoms with van der Waals surface area (Å²) in [5, 5.41) is 9.12. The van der Waals surface area contributed by atoms with Crippen molar-refractivity contribution in [3.05, 3.63) is 0 Å². The maximum atomic E-state index is 12.6. The van der Waals surface area contributed by atoms with E-state index < -0.39 is 12.1 Å². The topological polar surface area (TPSA) is 66.8 Å². The summed E-state index contributed by atoms with van der Waals surface area (Å²) in [4.78, 5) is 25.4. The minimum atomic E-state index is -0.989. The Kier molecular flexibility index (Phi) is 5.15. The molecule has 0 aromatic carbocycles. The van der Waals surface area contributed by atoms with Crippen molar-refractivity contribution < 1.29 is 19.4 Å². The fourth-order valence-corrected chi connectivity index (χ4v) is 4.37. The van der Waals surface area contributed by atoms with Crippen LogP contribution >= 0.6 is 0 Å². The lowest BCUT2D eigenvalue weighted by atomic mass is 9.67. The summed E-state index contributed by atoms with van der Waals surface area (Å²) >= 11 is 0. The van der Waals surface area contributed by atoms with Crippen molar-refractivity contribution in [2.45, 2.75) is 65.6 Å². The summed E-state index contributed by atoms with van der Waals surface area (Å²) in [5.41, 5.74) is 0.296. The molecule has 3 unspecified atom stereocenters. The van der Waals surface area contributed by atoms with Gasteiger partial charge in [-0.15, -0.1) is 0 Å². The normalized spacial score (nSPS) is 35.2. The molecule has 2 rings (SSSR count). The molecule has 1 aliphatic heterocycles. The molecule has 0 spiro atoms. The van der Waals surface area contributed by atoms with Crippen LogP contribution in [0.5, 0.6) is 0 Å². The quantitative estimate of drug-likeness (QED) is 0.870. The number of aliphatic carboxylic acids is 1. The molecule has 1 heterocycles. The molecule has 2 aliphatic rings. The van der Waals surface area contributed by atoms with Gasteiger partial charge in [-0.3, -0.25) is 4.79 Å². The molecule has 2 fully saturated rings. The smallest absolute Gasteiger partial charge is 0.334 e. The lowest BCUT2D eigenvalue weighted by Gasteiger charge is -2.40. The largest absolute Gasteiger partial charge is 0.479 e. The summed E-state index contributed by atoms with van der Waals surface area (Å²) in [5.74, 6) is 0.151. The van der Waals surface area contributed by atoms with E-state index in [0.29, 0.717) is 30.2 Å². The highest BCUT2D eigenvalue weighted by atomic mass is 16.5. The van der Waals surface area contributed by atoms with E-state index in [1.807, 2.05) is 6.92 Å². The van der Waals surface area contributed by atoms with Gasteiger partial charge < -0.3 is 14.7 Å². The first-order valence-electron chi connectivity index (χ1n) is 8.32. The molecule has 0 radical (unpaired) electrons. The monoisotopic (exact) mass is 311 g/mol. The molecule has 4 atom stereocenters. The molecular weight excluding hydrogens is 282 g/mol. The van der Waals surface area contributed by atoms with Crippen LogP contribution in [0.3, 0.4) is 0 Å². The average Bonchev–Trinajstić information content (AvgIpc) is 2.35. The third-order valence-corrected chi connectivity index (χ3v) is 4.83. The van der Waals surface area contributed by atoms with Crippen LogP contribution < -0.4 is 0 Å². The lowest BCUT2D eigenvalue weighted by molar-refractivity contribution is -0.167. The van der Waals surface area contributed by atoms with E-state index in [-0.39, 0.29) is 18.6 Å². The number of carboxylic acid groups (broad SMARTS) is 1. The van der Waals surface area contributed by atoms with Crippen molar-refractivity contribution >= 4 is 11.9 Å². The van der Waals surface area contributed by atoms with E-state index in [1.54, 1.807) is 4.90 Å². The van der Waals surface area contributed by atoms with E-state index in [1.165, 1.54) is 6.42 Å². The highest BCUT2D eigenvalue weighted by Gasteiger charge is 2.36. The number of carbonyl (C=O) groups excluding carboxylic acids is 1. The zero-order valence-corrected chi connectivity index (χ0v) is 14.2. The minimum absolute atomic E-state index is 0.0799. The minimum Gasteiger partial charge on any atom is -0.479 e. The second kappa shape index (κ2) is 6.57. The van der Waals surface area contributed by atoms with Gasteiger partial charge in [0.05, 0.1) is 12.6 Å². The Morgan fingerprint density at radius 3 is 2.50 bits per heavy atom. The Hall–Kier alpha value is -1.10. The second-order valence-corrected chi connectivity index (χ2v) is 8.06. The maximum Gasteiger partial charge on any atom is 0.334 e. The number of nitrogens with zero attached hydrogens (tertiary/aromatic N) is 1. The van der Waals surface area contributed by atoms with Crippen LogP contribution in [0.2, 0.25) is 0 Å². The zero-order chi connectivity index (χ0) is 16.5. The molecule has 1 amide bonds. The van der Waals surface area contributed by atoms with Crippen LogP contribution in [-0.2, 0) is 14.3 Å². The third-order valence-electron chi connectivity index (χ3n) is 4.83. The Morgan fingerprint density at radius 2 is 1.91 bits per heavy atom. The summed E-state index contributed by atoms with van der Waals surface area (Å²) in [7, 11) is 0. The van der Waals surface area contributed by atoms with E-state index in [0.717, 1.165) is 12.8 Å². The van der Waals surface area contributed by atoms with Gasteiger partial charge in [-0.1, -0.05) is 20.8 Å². The van der Waals surface area contributed by atoms with Gasteiger partial charge in [0.1, 0.15) is 0 Å². The van der Waals surface area contributed by atoms with E-state index in [9.17, 15) is 9.59 Å². The molecule has 5 heteroatoms. The number of rotatable bonds is 3. The molecule has 1 saturated heterocycles. The van der Waals surface area contributed by atoms with Crippen molar-refractivity contribution in [1.29, 1.82) is 0 Å². The van der Waals surface area contributed by atoms with Gasteiger partial charge >= 0.3 is 5.97 Å². The van der Waals surface area contributed by atoms with Gasteiger partial charge in [-0.05, 0) is 43.4 Å². The van der Waals surface area contributed by atoms with Crippen molar-refractivity contribution in [2.24, 2.45) is 17.3 Å². The van der Waals surface area contributed by atoms with Gasteiger partial charge in [0, 0.05) is 13.0 Å². The molecule has 1 saturated carbocycles. The summed E-state index contributed by atoms with van der Waals surface area (Å²) < 4.78 is 5.37. The van der Waals surface area contributed by atoms with Gasteiger partial charge in [0.15, 0.2) is 6.10 Å². The van der Waals surface area contributed by atoms with Crippen molar-refractivity contribution in [2.75, 3.05) is 13.1 Å². The molecule has 0 aromatic heterocycles. The molecule has 1 aliphatic carbocycles. The first-order chi connectivity index (χ1) is 10.2. The second-order valence-electron chi connectivity index (χ2n) is 8.06. The van der Waals surface area contributed by atoms with E-state index in [2.05, 4.69) is 20.8 Å². The van der Waals surface area contributed by atoms with Crippen LogP contribution in [0, 0.1) is 17.3 Å². The third kappa shape index (κ3) is 4.45. The van der Waals surface area contributed by atoms with Gasteiger partial charge in [-0.2, -0.15) is 0 Å². The van der Waals surface area contributed by atoms with Crippen molar-refractivity contribution in [3.8, 4) is 0 Å². The van der Waals surface area contributed by atoms with Gasteiger partial charge in [-0.25, -0.2) is 4.79 Å². The molecule has 126 valence electrons. The average molecular weight is 311 g/mol. The van der Waals surface area contributed by atoms with Crippen LogP contribution in [0.15, 0.2) is 0 Å². The van der Waals surface area contributed by atoms with Gasteiger partial charge in [0.2, 0.25) is 5.91 Å². The molecule has 0 bridgehead atoms. The van der Waals surface area contributed by atoms with Gasteiger partial charge in [0.25, 0.3) is 0 Å².